The number of hydrogen-bond donors (Lipinski definition) is 1. The molecule has 4 nitrogen and oxygen atoms in total. The second-order valence-electron chi connectivity index (χ2n) is 3.65. The van der Waals surface area contributed by atoms with Crippen molar-refractivity contribution in [2.24, 2.45) is 0 Å². The largest absolute Gasteiger partial charge is 0.465 e. The van der Waals surface area contributed by atoms with E-state index < -0.39 is 0 Å². The molecule has 0 aliphatic rings. The molecule has 4 heteroatoms. The van der Waals surface area contributed by atoms with Crippen LogP contribution in [0.1, 0.15) is 44.1 Å². The molecule has 1 unspecified atom stereocenters. The van der Waals surface area contributed by atoms with Gasteiger partial charge in [0.15, 0.2) is 0 Å². The second kappa shape index (κ2) is 5.53. The van der Waals surface area contributed by atoms with Crippen molar-refractivity contribution >= 4 is 5.97 Å². The zero-order valence-corrected chi connectivity index (χ0v) is 9.54. The van der Waals surface area contributed by atoms with E-state index in [1.165, 1.54) is 0 Å². The van der Waals surface area contributed by atoms with E-state index in [0.717, 1.165) is 24.4 Å². The summed E-state index contributed by atoms with van der Waals surface area (Å²) in [5, 5.41) is 0. The number of nitrogens with zero attached hydrogens (tertiary/aromatic N) is 1. The fourth-order valence-corrected chi connectivity index (χ4v) is 1.22. The monoisotopic (exact) mass is 210 g/mol. The van der Waals surface area contributed by atoms with E-state index in [1.807, 2.05) is 13.8 Å². The van der Waals surface area contributed by atoms with Gasteiger partial charge in [-0.15, -0.1) is 0 Å². The minimum absolute atomic E-state index is 0.199. The molecule has 0 saturated carbocycles. The number of nitrogens with one attached hydrogen (secondary N) is 1. The summed E-state index contributed by atoms with van der Waals surface area (Å²) in [5.41, 5.74) is 0.744. The number of rotatable bonds is 5. The molecule has 0 aliphatic carbocycles. The summed E-state index contributed by atoms with van der Waals surface area (Å²) in [6, 6.07) is 0. The van der Waals surface area contributed by atoms with Crippen molar-refractivity contribution in [2.45, 2.75) is 39.5 Å². The summed E-state index contributed by atoms with van der Waals surface area (Å²) in [4.78, 5) is 18.7. The fraction of sp³-hybridized carbons (Fsp3) is 0.636. The summed E-state index contributed by atoms with van der Waals surface area (Å²) >= 11 is 0. The Labute approximate surface area is 90.1 Å². The van der Waals surface area contributed by atoms with Gasteiger partial charge in [0.25, 0.3) is 0 Å². The fourth-order valence-electron chi connectivity index (χ4n) is 1.22. The predicted octanol–water partition coefficient (Wildman–Crippen LogP) is 2.16. The van der Waals surface area contributed by atoms with Gasteiger partial charge in [-0.25, -0.2) is 4.98 Å². The maximum Gasteiger partial charge on any atom is 0.314 e. The number of ether oxygens (including phenoxy) is 1. The Bertz CT molecular complexity index is 320. The Balaban J connectivity index is 2.46. The third-order valence-electron chi connectivity index (χ3n) is 2.27. The average Bonchev–Trinajstić information content (AvgIpc) is 2.64. The Hall–Kier alpha value is -1.32. The summed E-state index contributed by atoms with van der Waals surface area (Å²) < 4.78 is 5.12. The lowest BCUT2D eigenvalue weighted by Crippen LogP contribution is -2.14. The highest BCUT2D eigenvalue weighted by atomic mass is 16.5. The Kier molecular flexibility index (Phi) is 4.34. The molecule has 0 saturated heterocycles. The standard InChI is InChI=1S/C11H18N2O2/c1-4-5-6-15-11(14)8(2)10-7-12-9(3)13-10/h7-8H,4-6H2,1-3H3,(H,12,13). The van der Waals surface area contributed by atoms with Gasteiger partial charge in [-0.1, -0.05) is 13.3 Å². The third-order valence-corrected chi connectivity index (χ3v) is 2.27. The van der Waals surface area contributed by atoms with E-state index in [0.29, 0.717) is 6.61 Å². The molecule has 0 aromatic carbocycles. The molecule has 1 rings (SSSR count). The number of aromatic amines is 1. The first-order chi connectivity index (χ1) is 7.15. The van der Waals surface area contributed by atoms with Crippen LogP contribution in [0.25, 0.3) is 0 Å². The molecule has 1 atom stereocenters. The zero-order valence-electron chi connectivity index (χ0n) is 9.54. The van der Waals surface area contributed by atoms with Crippen LogP contribution in [-0.2, 0) is 9.53 Å². The predicted molar refractivity (Wildman–Crippen MR) is 57.6 cm³/mol. The molecular formula is C11H18N2O2. The molecule has 0 aliphatic heterocycles. The minimum Gasteiger partial charge on any atom is -0.465 e. The van der Waals surface area contributed by atoms with Crippen molar-refractivity contribution in [1.82, 2.24) is 9.97 Å². The second-order valence-corrected chi connectivity index (χ2v) is 3.65. The lowest BCUT2D eigenvalue weighted by atomic mass is 10.1. The summed E-state index contributed by atoms with van der Waals surface area (Å²) in [5.74, 6) is 0.333. The Morgan fingerprint density at radius 2 is 2.40 bits per heavy atom. The normalized spacial score (nSPS) is 12.5. The first-order valence-electron chi connectivity index (χ1n) is 5.33. The van der Waals surface area contributed by atoms with Gasteiger partial charge in [0, 0.05) is 6.20 Å². The van der Waals surface area contributed by atoms with Gasteiger partial charge < -0.3 is 9.72 Å². The molecule has 1 heterocycles. The lowest BCUT2D eigenvalue weighted by Gasteiger charge is -2.08. The van der Waals surface area contributed by atoms with Gasteiger partial charge in [-0.05, 0) is 20.3 Å². The number of H-pyrrole nitrogens is 1. The zero-order chi connectivity index (χ0) is 11.3. The quantitative estimate of drug-likeness (QED) is 0.598. The Morgan fingerprint density at radius 1 is 1.67 bits per heavy atom. The number of aryl methyl sites for hydroxylation is 1. The van der Waals surface area contributed by atoms with Crippen LogP contribution in [-0.4, -0.2) is 22.5 Å². The van der Waals surface area contributed by atoms with Crippen molar-refractivity contribution in [1.29, 1.82) is 0 Å². The first-order valence-corrected chi connectivity index (χ1v) is 5.33. The van der Waals surface area contributed by atoms with Crippen molar-refractivity contribution in [2.75, 3.05) is 6.61 Å². The van der Waals surface area contributed by atoms with E-state index in [9.17, 15) is 4.79 Å². The van der Waals surface area contributed by atoms with E-state index in [4.69, 9.17) is 4.74 Å². The van der Waals surface area contributed by atoms with Crippen LogP contribution in [0.5, 0.6) is 0 Å². The molecule has 0 bridgehead atoms. The maximum absolute atomic E-state index is 11.6. The van der Waals surface area contributed by atoms with Gasteiger partial charge >= 0.3 is 5.97 Å². The van der Waals surface area contributed by atoms with Crippen LogP contribution < -0.4 is 0 Å². The molecule has 0 fully saturated rings. The highest BCUT2D eigenvalue weighted by Crippen LogP contribution is 2.14. The smallest absolute Gasteiger partial charge is 0.314 e. The van der Waals surface area contributed by atoms with Gasteiger partial charge in [-0.2, -0.15) is 0 Å². The number of carbonyl (C=O) groups is 1. The van der Waals surface area contributed by atoms with Gasteiger partial charge in [0.05, 0.1) is 18.2 Å². The number of hydrogen-bond acceptors (Lipinski definition) is 3. The minimum atomic E-state index is -0.285. The summed E-state index contributed by atoms with van der Waals surface area (Å²) in [6.45, 7) is 6.24. The van der Waals surface area contributed by atoms with E-state index in [1.54, 1.807) is 6.20 Å². The third kappa shape index (κ3) is 3.38. The maximum atomic E-state index is 11.6. The SMILES string of the molecule is CCCCOC(=O)C(C)c1c[nH]c(C)n1. The van der Waals surface area contributed by atoms with Crippen molar-refractivity contribution < 1.29 is 9.53 Å². The molecule has 84 valence electrons. The van der Waals surface area contributed by atoms with Gasteiger partial charge in [-0.3, -0.25) is 4.79 Å². The molecular weight excluding hydrogens is 192 g/mol. The van der Waals surface area contributed by atoms with Gasteiger partial charge in [0.1, 0.15) is 5.82 Å². The van der Waals surface area contributed by atoms with E-state index >= 15 is 0 Å². The average molecular weight is 210 g/mol. The number of aromatic nitrogens is 2. The number of esters is 1. The molecule has 1 aromatic rings. The van der Waals surface area contributed by atoms with Crippen molar-refractivity contribution in [3.05, 3.63) is 17.7 Å². The lowest BCUT2D eigenvalue weighted by molar-refractivity contribution is -0.145. The Morgan fingerprint density at radius 3 is 2.93 bits per heavy atom. The molecule has 15 heavy (non-hydrogen) atoms. The number of carbonyl (C=O) groups excluding carboxylic acids is 1. The highest BCUT2D eigenvalue weighted by molar-refractivity contribution is 5.76. The molecule has 0 radical (unpaired) electrons. The molecule has 1 N–H and O–H groups in total. The van der Waals surface area contributed by atoms with E-state index in [-0.39, 0.29) is 11.9 Å². The summed E-state index contributed by atoms with van der Waals surface area (Å²) in [7, 11) is 0. The van der Waals surface area contributed by atoms with Crippen LogP contribution in [0.15, 0.2) is 6.20 Å². The highest BCUT2D eigenvalue weighted by Gasteiger charge is 2.18. The molecule has 1 aromatic heterocycles. The number of unbranched alkanes of at least 4 members (excludes halogenated alkanes) is 1. The van der Waals surface area contributed by atoms with Crippen molar-refractivity contribution in [3.63, 3.8) is 0 Å². The van der Waals surface area contributed by atoms with Crippen molar-refractivity contribution in [3.8, 4) is 0 Å². The van der Waals surface area contributed by atoms with Crippen LogP contribution in [0.2, 0.25) is 0 Å². The van der Waals surface area contributed by atoms with Crippen LogP contribution in [0.3, 0.4) is 0 Å². The van der Waals surface area contributed by atoms with E-state index in [2.05, 4.69) is 16.9 Å². The van der Waals surface area contributed by atoms with Crippen LogP contribution in [0.4, 0.5) is 0 Å². The number of imidazole rings is 1. The van der Waals surface area contributed by atoms with Gasteiger partial charge in [0.2, 0.25) is 0 Å². The molecule has 0 amide bonds. The summed E-state index contributed by atoms with van der Waals surface area (Å²) in [6.07, 6.45) is 3.70. The van der Waals surface area contributed by atoms with Crippen LogP contribution in [0, 0.1) is 6.92 Å². The molecule has 0 spiro atoms. The topological polar surface area (TPSA) is 55.0 Å². The van der Waals surface area contributed by atoms with Crippen LogP contribution >= 0.6 is 0 Å². The first kappa shape index (κ1) is 11.8.